The molecule has 3 heteroatoms. The van der Waals surface area contributed by atoms with Crippen molar-refractivity contribution in [1.29, 1.82) is 0 Å². The highest BCUT2D eigenvalue weighted by Gasteiger charge is 2.38. The van der Waals surface area contributed by atoms with Crippen LogP contribution in [0.4, 0.5) is 0 Å². The molecule has 0 bridgehead atoms. The summed E-state index contributed by atoms with van der Waals surface area (Å²) >= 11 is 0. The summed E-state index contributed by atoms with van der Waals surface area (Å²) in [5.41, 5.74) is -0.437. The smallest absolute Gasteiger partial charge is 0.117 e. The van der Waals surface area contributed by atoms with E-state index in [1.807, 2.05) is 0 Å². The summed E-state index contributed by atoms with van der Waals surface area (Å²) in [6.45, 7) is 3.00. The van der Waals surface area contributed by atoms with E-state index in [2.05, 4.69) is 0 Å². The molecule has 72 valence electrons. The van der Waals surface area contributed by atoms with Crippen molar-refractivity contribution in [1.82, 2.24) is 0 Å². The molecule has 0 radical (unpaired) electrons. The third-order valence-electron chi connectivity index (χ3n) is 2.53. The molecule has 0 spiro atoms. The summed E-state index contributed by atoms with van der Waals surface area (Å²) in [5.74, 6) is 0. The fourth-order valence-electron chi connectivity index (χ4n) is 1.68. The SMILES string of the molecule is COC[C@]1([C@@H](C)O)CCCCO1. The molecule has 0 aliphatic carbocycles. The lowest BCUT2D eigenvalue weighted by Crippen LogP contribution is -2.49. The van der Waals surface area contributed by atoms with Gasteiger partial charge in [-0.25, -0.2) is 0 Å². The Labute approximate surface area is 73.7 Å². The van der Waals surface area contributed by atoms with Gasteiger partial charge in [0.15, 0.2) is 0 Å². The first-order valence-corrected chi connectivity index (χ1v) is 4.52. The van der Waals surface area contributed by atoms with Crippen LogP contribution in [0, 0.1) is 0 Å². The van der Waals surface area contributed by atoms with Crippen molar-refractivity contribution in [2.24, 2.45) is 0 Å². The molecule has 0 unspecified atom stereocenters. The maximum Gasteiger partial charge on any atom is 0.117 e. The molecule has 1 aliphatic heterocycles. The second-order valence-electron chi connectivity index (χ2n) is 3.48. The maximum atomic E-state index is 9.55. The molecule has 1 rings (SSSR count). The molecular weight excluding hydrogens is 156 g/mol. The van der Waals surface area contributed by atoms with E-state index in [0.29, 0.717) is 6.61 Å². The average molecular weight is 174 g/mol. The molecule has 12 heavy (non-hydrogen) atoms. The average Bonchev–Trinajstić information content (AvgIpc) is 2.06. The van der Waals surface area contributed by atoms with Crippen LogP contribution in [0.5, 0.6) is 0 Å². The Kier molecular flexibility index (Phi) is 3.50. The Morgan fingerprint density at radius 2 is 2.33 bits per heavy atom. The van der Waals surface area contributed by atoms with Gasteiger partial charge in [-0.2, -0.15) is 0 Å². The molecule has 0 amide bonds. The van der Waals surface area contributed by atoms with Crippen molar-refractivity contribution in [2.45, 2.75) is 37.9 Å². The van der Waals surface area contributed by atoms with Gasteiger partial charge >= 0.3 is 0 Å². The zero-order valence-electron chi connectivity index (χ0n) is 7.88. The van der Waals surface area contributed by atoms with Crippen LogP contribution in [-0.4, -0.2) is 37.1 Å². The number of aliphatic hydroxyl groups excluding tert-OH is 1. The summed E-state index contributed by atoms with van der Waals surface area (Å²) in [6.07, 6.45) is 2.67. The minimum Gasteiger partial charge on any atom is -0.390 e. The first kappa shape index (κ1) is 9.96. The summed E-state index contributed by atoms with van der Waals surface area (Å²) < 4.78 is 10.7. The number of ether oxygens (including phenoxy) is 2. The molecule has 3 nitrogen and oxygen atoms in total. The van der Waals surface area contributed by atoms with Gasteiger partial charge in [-0.15, -0.1) is 0 Å². The molecule has 1 heterocycles. The number of hydrogen-bond acceptors (Lipinski definition) is 3. The van der Waals surface area contributed by atoms with Crippen molar-refractivity contribution in [2.75, 3.05) is 20.3 Å². The largest absolute Gasteiger partial charge is 0.390 e. The molecule has 2 atom stereocenters. The molecular formula is C9H18O3. The maximum absolute atomic E-state index is 9.55. The molecule has 0 aromatic heterocycles. The topological polar surface area (TPSA) is 38.7 Å². The highest BCUT2D eigenvalue weighted by Crippen LogP contribution is 2.28. The van der Waals surface area contributed by atoms with Crippen LogP contribution >= 0.6 is 0 Å². The van der Waals surface area contributed by atoms with Crippen LogP contribution in [0.15, 0.2) is 0 Å². The number of hydrogen-bond donors (Lipinski definition) is 1. The van der Waals surface area contributed by atoms with Gasteiger partial charge in [0.2, 0.25) is 0 Å². The minimum absolute atomic E-state index is 0.437. The van der Waals surface area contributed by atoms with E-state index in [1.165, 1.54) is 0 Å². The summed E-state index contributed by atoms with van der Waals surface area (Å²) in [6, 6.07) is 0. The van der Waals surface area contributed by atoms with Gasteiger partial charge in [0, 0.05) is 13.7 Å². The third-order valence-corrected chi connectivity index (χ3v) is 2.53. The van der Waals surface area contributed by atoms with E-state index in [4.69, 9.17) is 9.47 Å². The van der Waals surface area contributed by atoms with Gasteiger partial charge in [-0.05, 0) is 26.2 Å². The van der Waals surface area contributed by atoms with Crippen LogP contribution in [0.2, 0.25) is 0 Å². The Bertz CT molecular complexity index is 122. The quantitative estimate of drug-likeness (QED) is 0.692. The van der Waals surface area contributed by atoms with Crippen LogP contribution in [0.3, 0.4) is 0 Å². The molecule has 0 aromatic carbocycles. The standard InChI is InChI=1S/C9H18O3/c1-8(10)9(7-11-2)5-3-4-6-12-9/h8,10H,3-7H2,1-2H3/t8-,9+/m1/s1. The second-order valence-corrected chi connectivity index (χ2v) is 3.48. The fourth-order valence-corrected chi connectivity index (χ4v) is 1.68. The number of methoxy groups -OCH3 is 1. The number of rotatable bonds is 3. The molecule has 1 saturated heterocycles. The van der Waals surface area contributed by atoms with E-state index in [0.717, 1.165) is 25.9 Å². The van der Waals surface area contributed by atoms with Crippen LogP contribution in [-0.2, 0) is 9.47 Å². The minimum atomic E-state index is -0.447. The van der Waals surface area contributed by atoms with Gasteiger partial charge in [0.25, 0.3) is 0 Å². The van der Waals surface area contributed by atoms with Crippen molar-refractivity contribution in [3.63, 3.8) is 0 Å². The van der Waals surface area contributed by atoms with Crippen LogP contribution in [0.1, 0.15) is 26.2 Å². The Morgan fingerprint density at radius 3 is 2.75 bits per heavy atom. The predicted molar refractivity (Wildman–Crippen MR) is 46.1 cm³/mol. The lowest BCUT2D eigenvalue weighted by molar-refractivity contribution is -0.168. The van der Waals surface area contributed by atoms with E-state index in [1.54, 1.807) is 14.0 Å². The first-order chi connectivity index (χ1) is 5.71. The highest BCUT2D eigenvalue weighted by molar-refractivity contribution is 4.88. The second kappa shape index (κ2) is 4.21. The van der Waals surface area contributed by atoms with E-state index < -0.39 is 11.7 Å². The van der Waals surface area contributed by atoms with Crippen molar-refractivity contribution >= 4 is 0 Å². The molecule has 0 saturated carbocycles. The first-order valence-electron chi connectivity index (χ1n) is 4.52. The van der Waals surface area contributed by atoms with Crippen LogP contribution < -0.4 is 0 Å². The van der Waals surface area contributed by atoms with Crippen molar-refractivity contribution in [3.05, 3.63) is 0 Å². The van der Waals surface area contributed by atoms with Crippen molar-refractivity contribution in [3.8, 4) is 0 Å². The van der Waals surface area contributed by atoms with Gasteiger partial charge in [-0.1, -0.05) is 0 Å². The lowest BCUT2D eigenvalue weighted by atomic mass is 9.90. The monoisotopic (exact) mass is 174 g/mol. The van der Waals surface area contributed by atoms with Crippen molar-refractivity contribution < 1.29 is 14.6 Å². The Morgan fingerprint density at radius 1 is 1.58 bits per heavy atom. The van der Waals surface area contributed by atoms with E-state index in [9.17, 15) is 5.11 Å². The van der Waals surface area contributed by atoms with E-state index >= 15 is 0 Å². The van der Waals surface area contributed by atoms with Gasteiger partial charge < -0.3 is 14.6 Å². The predicted octanol–water partition coefficient (Wildman–Crippen LogP) is 0.953. The fraction of sp³-hybridized carbons (Fsp3) is 1.00. The van der Waals surface area contributed by atoms with Gasteiger partial charge in [0.05, 0.1) is 12.7 Å². The molecule has 1 aliphatic rings. The zero-order chi connectivity index (χ0) is 9.03. The Hall–Kier alpha value is -0.120. The zero-order valence-corrected chi connectivity index (χ0v) is 7.88. The highest BCUT2D eigenvalue weighted by atomic mass is 16.5. The normalized spacial score (nSPS) is 33.2. The van der Waals surface area contributed by atoms with Crippen LogP contribution in [0.25, 0.3) is 0 Å². The number of aliphatic hydroxyl groups is 1. The Balaban J connectivity index is 2.56. The van der Waals surface area contributed by atoms with Gasteiger partial charge in [0.1, 0.15) is 5.60 Å². The summed E-state index contributed by atoms with van der Waals surface area (Å²) in [7, 11) is 1.64. The third kappa shape index (κ3) is 1.97. The molecule has 1 N–H and O–H groups in total. The molecule has 0 aromatic rings. The molecule has 1 fully saturated rings. The summed E-state index contributed by atoms with van der Waals surface area (Å²) in [4.78, 5) is 0. The lowest BCUT2D eigenvalue weighted by Gasteiger charge is -2.39. The summed E-state index contributed by atoms with van der Waals surface area (Å²) in [5, 5.41) is 9.55. The van der Waals surface area contributed by atoms with E-state index in [-0.39, 0.29) is 0 Å². The van der Waals surface area contributed by atoms with Gasteiger partial charge in [-0.3, -0.25) is 0 Å².